The summed E-state index contributed by atoms with van der Waals surface area (Å²) in [7, 11) is 1.63. The van der Waals surface area contributed by atoms with Gasteiger partial charge < -0.3 is 14.7 Å². The van der Waals surface area contributed by atoms with Crippen molar-refractivity contribution in [2.75, 3.05) is 26.8 Å². The molecule has 4 rings (SSSR count). The minimum Gasteiger partial charge on any atom is -0.509 e. The number of hydrogen-bond donors (Lipinski definition) is 1. The van der Waals surface area contributed by atoms with E-state index in [1.54, 1.807) is 7.11 Å². The van der Waals surface area contributed by atoms with Crippen molar-refractivity contribution >= 4 is 27.4 Å². The normalized spacial score (nSPS) is 24.9. The number of hydrogen-bond acceptors (Lipinski definition) is 6. The number of amides is 1. The number of ether oxygens (including phenoxy) is 1. The van der Waals surface area contributed by atoms with Crippen LogP contribution >= 0.6 is 15.9 Å². The molecule has 7 nitrogen and oxygen atoms in total. The van der Waals surface area contributed by atoms with Gasteiger partial charge in [-0.3, -0.25) is 4.79 Å². The third-order valence-corrected chi connectivity index (χ3v) is 7.01. The topological polar surface area (TPSA) is 71.5 Å². The molecule has 2 saturated heterocycles. The average Bonchev–Trinajstić information content (AvgIpc) is 3.28. The van der Waals surface area contributed by atoms with Crippen molar-refractivity contribution in [2.24, 2.45) is 0 Å². The zero-order valence-electron chi connectivity index (χ0n) is 17.0. The van der Waals surface area contributed by atoms with Crippen LogP contribution in [0.4, 0.5) is 0 Å². The number of halogens is 1. The zero-order chi connectivity index (χ0) is 20.8. The van der Waals surface area contributed by atoms with Crippen LogP contribution in [0.2, 0.25) is 0 Å². The molecule has 2 fully saturated rings. The van der Waals surface area contributed by atoms with E-state index in [1.807, 2.05) is 31.0 Å². The summed E-state index contributed by atoms with van der Waals surface area (Å²) in [5.41, 5.74) is 2.14. The number of aryl methyl sites for hydroxylation is 2. The van der Waals surface area contributed by atoms with Gasteiger partial charge in [-0.1, -0.05) is 22.0 Å². The number of aliphatic hydroxyl groups excluding tert-OH is 1. The molecule has 0 bridgehead atoms. The summed E-state index contributed by atoms with van der Waals surface area (Å²) >= 11 is 3.55. The van der Waals surface area contributed by atoms with Crippen LogP contribution in [0.5, 0.6) is 0 Å². The molecule has 3 heterocycles. The van der Waals surface area contributed by atoms with E-state index in [9.17, 15) is 9.90 Å². The maximum atomic E-state index is 13.5. The molecule has 0 aliphatic carbocycles. The summed E-state index contributed by atoms with van der Waals surface area (Å²) in [6.45, 7) is 5.74. The molecule has 0 aromatic heterocycles. The first kappa shape index (κ1) is 20.8. The second-order valence-corrected chi connectivity index (χ2v) is 8.78. The van der Waals surface area contributed by atoms with Crippen molar-refractivity contribution in [2.45, 2.75) is 51.4 Å². The van der Waals surface area contributed by atoms with E-state index < -0.39 is 11.8 Å². The van der Waals surface area contributed by atoms with Gasteiger partial charge in [-0.25, -0.2) is 9.90 Å². The highest BCUT2D eigenvalue weighted by atomic mass is 79.9. The molecule has 3 aliphatic rings. The van der Waals surface area contributed by atoms with E-state index in [-0.39, 0.29) is 11.7 Å². The van der Waals surface area contributed by atoms with Crippen molar-refractivity contribution in [3.05, 3.63) is 39.1 Å². The van der Waals surface area contributed by atoms with Crippen molar-refractivity contribution in [3.8, 4) is 0 Å². The fourth-order valence-electron chi connectivity index (χ4n) is 4.44. The van der Waals surface area contributed by atoms with E-state index in [2.05, 4.69) is 15.9 Å². The number of rotatable bonds is 4. The lowest BCUT2D eigenvalue weighted by Crippen LogP contribution is -2.55. The maximum absolute atomic E-state index is 13.5. The summed E-state index contributed by atoms with van der Waals surface area (Å²) in [6, 6.07) is 3.92. The zero-order valence-corrected chi connectivity index (χ0v) is 18.6. The monoisotopic (exact) mass is 466 g/mol. The Morgan fingerprint density at radius 3 is 2.59 bits per heavy atom. The van der Waals surface area contributed by atoms with Crippen LogP contribution in [0.15, 0.2) is 22.4 Å². The molecule has 1 atom stereocenters. The first-order chi connectivity index (χ1) is 13.9. The van der Waals surface area contributed by atoms with Gasteiger partial charge in [-0.05, 0) is 55.9 Å². The smallest absolute Gasteiger partial charge is 0.282 e. The summed E-state index contributed by atoms with van der Waals surface area (Å²) < 4.78 is 6.51. The Bertz CT molecular complexity index is 842. The van der Waals surface area contributed by atoms with Gasteiger partial charge in [0, 0.05) is 24.0 Å². The van der Waals surface area contributed by atoms with Crippen molar-refractivity contribution in [3.63, 3.8) is 0 Å². The van der Waals surface area contributed by atoms with Gasteiger partial charge in [0.25, 0.3) is 5.91 Å². The molecule has 0 radical (unpaired) electrons. The fraction of sp³-hybridized carbons (Fsp3) is 0.571. The van der Waals surface area contributed by atoms with Crippen molar-refractivity contribution in [1.29, 1.82) is 0 Å². The molecule has 1 amide bonds. The molecule has 1 spiro atoms. The van der Waals surface area contributed by atoms with Crippen LogP contribution in [0.25, 0.3) is 5.57 Å². The third kappa shape index (κ3) is 3.51. The SMILES string of the molecule is CON1CCC2(CC1)C(O)=C(c1cc(Br)c(C)cc1C)C(=O)N2OC1CCCO1. The van der Waals surface area contributed by atoms with Gasteiger partial charge in [-0.15, -0.1) is 0 Å². The van der Waals surface area contributed by atoms with Gasteiger partial charge in [0.2, 0.25) is 0 Å². The Hall–Kier alpha value is -1.45. The molecular formula is C21H27BrN2O5. The second kappa shape index (κ2) is 8.00. The van der Waals surface area contributed by atoms with Gasteiger partial charge in [0.05, 0.1) is 19.3 Å². The minimum atomic E-state index is -0.906. The van der Waals surface area contributed by atoms with Crippen LogP contribution < -0.4 is 0 Å². The molecule has 1 aromatic carbocycles. The van der Waals surface area contributed by atoms with E-state index in [4.69, 9.17) is 14.4 Å². The first-order valence-corrected chi connectivity index (χ1v) is 10.8. The van der Waals surface area contributed by atoms with Gasteiger partial charge in [0.1, 0.15) is 11.3 Å². The minimum absolute atomic E-state index is 0.0788. The van der Waals surface area contributed by atoms with Gasteiger partial charge >= 0.3 is 0 Å². The lowest BCUT2D eigenvalue weighted by Gasteiger charge is -2.43. The van der Waals surface area contributed by atoms with Crippen LogP contribution in [0, 0.1) is 13.8 Å². The van der Waals surface area contributed by atoms with Crippen LogP contribution in [-0.2, 0) is 19.2 Å². The van der Waals surface area contributed by atoms with E-state index in [1.165, 1.54) is 5.06 Å². The molecule has 1 aromatic rings. The first-order valence-electron chi connectivity index (χ1n) is 10.00. The molecule has 158 valence electrons. The quantitative estimate of drug-likeness (QED) is 0.729. The summed E-state index contributed by atoms with van der Waals surface area (Å²) in [5, 5.41) is 14.6. The summed E-state index contributed by atoms with van der Waals surface area (Å²) in [4.78, 5) is 24.9. The van der Waals surface area contributed by atoms with E-state index >= 15 is 0 Å². The highest BCUT2D eigenvalue weighted by molar-refractivity contribution is 9.10. The second-order valence-electron chi connectivity index (χ2n) is 7.93. The maximum Gasteiger partial charge on any atom is 0.282 e. The predicted molar refractivity (Wildman–Crippen MR) is 111 cm³/mol. The Balaban J connectivity index is 1.76. The Kier molecular flexibility index (Phi) is 5.74. The number of piperidine rings is 1. The highest BCUT2D eigenvalue weighted by Crippen LogP contribution is 2.47. The van der Waals surface area contributed by atoms with E-state index in [0.717, 1.165) is 34.0 Å². The highest BCUT2D eigenvalue weighted by Gasteiger charge is 2.56. The van der Waals surface area contributed by atoms with Crippen LogP contribution in [0.1, 0.15) is 42.4 Å². The number of hydroxylamine groups is 4. The van der Waals surface area contributed by atoms with E-state index in [0.29, 0.717) is 38.1 Å². The third-order valence-electron chi connectivity index (χ3n) is 6.16. The Labute approximate surface area is 179 Å². The lowest BCUT2D eigenvalue weighted by molar-refractivity contribution is -0.291. The van der Waals surface area contributed by atoms with Gasteiger partial charge in [-0.2, -0.15) is 5.06 Å². The standard InChI is InChI=1S/C21H27BrN2O5/c1-13-11-14(2)16(22)12-15(13)18-19(25)21(6-8-23(27-3)9-7-21)24(20(18)26)29-17-5-4-10-28-17/h11-12,17,25H,4-10H2,1-3H3. The van der Waals surface area contributed by atoms with Crippen LogP contribution in [0.3, 0.4) is 0 Å². The largest absolute Gasteiger partial charge is 0.509 e. The molecular weight excluding hydrogens is 440 g/mol. The van der Waals surface area contributed by atoms with Crippen molar-refractivity contribution < 1.29 is 24.3 Å². The molecule has 1 N–H and O–H groups in total. The molecule has 0 saturated carbocycles. The number of carbonyl (C=O) groups excluding carboxylic acids is 1. The summed E-state index contributed by atoms with van der Waals surface area (Å²) in [5.74, 6) is -0.238. The van der Waals surface area contributed by atoms with Gasteiger partial charge in [0.15, 0.2) is 6.29 Å². The molecule has 1 unspecified atom stereocenters. The summed E-state index contributed by atoms with van der Waals surface area (Å²) in [6.07, 6.45) is 2.19. The lowest BCUT2D eigenvalue weighted by atomic mass is 9.85. The Morgan fingerprint density at radius 2 is 1.97 bits per heavy atom. The average molecular weight is 467 g/mol. The molecule has 3 aliphatic heterocycles. The number of nitrogens with zero attached hydrogens (tertiary/aromatic N) is 2. The van der Waals surface area contributed by atoms with Crippen molar-refractivity contribution in [1.82, 2.24) is 10.1 Å². The number of benzene rings is 1. The molecule has 29 heavy (non-hydrogen) atoms. The number of carbonyl (C=O) groups is 1. The van der Waals surface area contributed by atoms with Crippen LogP contribution in [-0.4, -0.2) is 59.8 Å². The molecule has 8 heteroatoms. The predicted octanol–water partition coefficient (Wildman–Crippen LogP) is 3.64. The number of aliphatic hydroxyl groups is 1. The Morgan fingerprint density at radius 1 is 1.24 bits per heavy atom. The fourth-order valence-corrected chi connectivity index (χ4v) is 4.78.